The number of nitro benzene ring substituents is 1. The van der Waals surface area contributed by atoms with Crippen molar-refractivity contribution in [3.63, 3.8) is 0 Å². The number of benzene rings is 1. The summed E-state index contributed by atoms with van der Waals surface area (Å²) in [5.74, 6) is 0.196. The van der Waals surface area contributed by atoms with Crippen molar-refractivity contribution in [2.75, 3.05) is 13.2 Å². The highest BCUT2D eigenvalue weighted by Gasteiger charge is 2.21. The Labute approximate surface area is 110 Å². The third kappa shape index (κ3) is 3.11. The number of para-hydroxylation sites is 1. The van der Waals surface area contributed by atoms with Crippen LogP contribution in [0.2, 0.25) is 5.02 Å². The van der Waals surface area contributed by atoms with E-state index in [2.05, 4.69) is 0 Å². The maximum absolute atomic E-state index is 10.9. The first kappa shape index (κ1) is 13.1. The van der Waals surface area contributed by atoms with Crippen molar-refractivity contribution in [2.45, 2.75) is 25.4 Å². The first-order valence-corrected chi connectivity index (χ1v) is 6.23. The molecular weight excluding hydrogens is 258 g/mol. The molecule has 0 bridgehead atoms. The van der Waals surface area contributed by atoms with E-state index in [0.29, 0.717) is 6.61 Å². The second kappa shape index (κ2) is 6.02. The summed E-state index contributed by atoms with van der Waals surface area (Å²) in [6.45, 7) is 1.05. The SMILES string of the molecule is O=[N+]([O-])c1c(Cl)cccc1OCC1CCCCO1. The maximum atomic E-state index is 10.9. The van der Waals surface area contributed by atoms with Crippen LogP contribution >= 0.6 is 11.6 Å². The Morgan fingerprint density at radius 3 is 3.00 bits per heavy atom. The summed E-state index contributed by atoms with van der Waals surface area (Å²) in [5.41, 5.74) is -0.185. The van der Waals surface area contributed by atoms with E-state index in [9.17, 15) is 10.1 Å². The Hall–Kier alpha value is -1.33. The molecule has 1 unspecified atom stereocenters. The minimum atomic E-state index is -0.528. The number of nitrogens with zero attached hydrogens (tertiary/aromatic N) is 1. The molecule has 5 nitrogen and oxygen atoms in total. The van der Waals surface area contributed by atoms with E-state index in [1.807, 2.05) is 0 Å². The van der Waals surface area contributed by atoms with E-state index >= 15 is 0 Å². The Kier molecular flexibility index (Phi) is 4.38. The molecule has 1 fully saturated rings. The molecule has 1 saturated heterocycles. The molecule has 0 N–H and O–H groups in total. The minimum absolute atomic E-state index is 0.0114. The second-order valence-electron chi connectivity index (χ2n) is 4.14. The zero-order valence-electron chi connectivity index (χ0n) is 9.80. The van der Waals surface area contributed by atoms with Crippen LogP contribution in [0.15, 0.2) is 18.2 Å². The summed E-state index contributed by atoms with van der Waals surface area (Å²) >= 11 is 5.79. The van der Waals surface area contributed by atoms with Gasteiger partial charge >= 0.3 is 5.69 Å². The average Bonchev–Trinajstić information content (AvgIpc) is 2.37. The number of nitro groups is 1. The first-order chi connectivity index (χ1) is 8.68. The van der Waals surface area contributed by atoms with Crippen molar-refractivity contribution in [1.82, 2.24) is 0 Å². The Balaban J connectivity index is 2.04. The average molecular weight is 272 g/mol. The highest BCUT2D eigenvalue weighted by atomic mass is 35.5. The van der Waals surface area contributed by atoms with Gasteiger partial charge in [0.1, 0.15) is 11.6 Å². The van der Waals surface area contributed by atoms with Gasteiger partial charge in [0.05, 0.1) is 11.0 Å². The quantitative estimate of drug-likeness (QED) is 0.623. The van der Waals surface area contributed by atoms with Gasteiger partial charge in [-0.1, -0.05) is 17.7 Å². The van der Waals surface area contributed by atoms with E-state index in [1.54, 1.807) is 12.1 Å². The van der Waals surface area contributed by atoms with Gasteiger partial charge < -0.3 is 9.47 Å². The van der Waals surface area contributed by atoms with E-state index in [4.69, 9.17) is 21.1 Å². The summed E-state index contributed by atoms with van der Waals surface area (Å²) in [6, 6.07) is 4.66. The van der Waals surface area contributed by atoms with Gasteiger partial charge in [-0.25, -0.2) is 0 Å². The molecule has 1 aliphatic rings. The molecule has 0 amide bonds. The third-order valence-corrected chi connectivity index (χ3v) is 3.14. The summed E-state index contributed by atoms with van der Waals surface area (Å²) in [5, 5.41) is 11.0. The molecular formula is C12H14ClNO4. The summed E-state index contributed by atoms with van der Waals surface area (Å²) < 4.78 is 11.0. The topological polar surface area (TPSA) is 61.6 Å². The molecule has 0 spiro atoms. The number of hydrogen-bond acceptors (Lipinski definition) is 4. The zero-order chi connectivity index (χ0) is 13.0. The molecule has 0 radical (unpaired) electrons. The van der Waals surface area contributed by atoms with Crippen LogP contribution in [0.4, 0.5) is 5.69 Å². The smallest absolute Gasteiger partial charge is 0.329 e. The lowest BCUT2D eigenvalue weighted by atomic mass is 10.1. The molecule has 2 rings (SSSR count). The van der Waals surface area contributed by atoms with Crippen LogP contribution in [0.5, 0.6) is 5.75 Å². The third-order valence-electron chi connectivity index (χ3n) is 2.83. The Morgan fingerprint density at radius 1 is 1.50 bits per heavy atom. The summed E-state index contributed by atoms with van der Waals surface area (Å²) in [6.07, 6.45) is 3.10. The molecule has 1 aromatic carbocycles. The molecule has 98 valence electrons. The van der Waals surface area contributed by atoms with Gasteiger partial charge in [0.15, 0.2) is 5.75 Å². The van der Waals surface area contributed by atoms with Crippen molar-refractivity contribution in [1.29, 1.82) is 0 Å². The first-order valence-electron chi connectivity index (χ1n) is 5.86. The standard InChI is InChI=1S/C12H14ClNO4/c13-10-5-3-6-11(12(10)14(15)16)18-8-9-4-1-2-7-17-9/h3,5-6,9H,1-2,4,7-8H2. The maximum Gasteiger partial charge on any atom is 0.329 e. The number of hydrogen-bond donors (Lipinski definition) is 0. The van der Waals surface area contributed by atoms with Crippen molar-refractivity contribution in [2.24, 2.45) is 0 Å². The van der Waals surface area contributed by atoms with Crippen molar-refractivity contribution in [3.8, 4) is 5.75 Å². The fourth-order valence-corrected chi connectivity index (χ4v) is 2.15. The largest absolute Gasteiger partial charge is 0.484 e. The minimum Gasteiger partial charge on any atom is -0.484 e. The lowest BCUT2D eigenvalue weighted by molar-refractivity contribution is -0.385. The number of halogens is 1. The van der Waals surface area contributed by atoms with Crippen LogP contribution in [0.1, 0.15) is 19.3 Å². The summed E-state index contributed by atoms with van der Waals surface area (Å²) in [4.78, 5) is 10.4. The molecule has 1 aliphatic heterocycles. The monoisotopic (exact) mass is 271 g/mol. The molecule has 1 heterocycles. The molecule has 6 heteroatoms. The number of rotatable bonds is 4. The van der Waals surface area contributed by atoms with Gasteiger partial charge in [0, 0.05) is 6.61 Å². The molecule has 0 aliphatic carbocycles. The van der Waals surface area contributed by atoms with Crippen LogP contribution in [0.25, 0.3) is 0 Å². The van der Waals surface area contributed by atoms with Crippen LogP contribution in [0, 0.1) is 10.1 Å². The molecule has 18 heavy (non-hydrogen) atoms. The van der Waals surface area contributed by atoms with Gasteiger partial charge in [-0.2, -0.15) is 0 Å². The lowest BCUT2D eigenvalue weighted by Gasteiger charge is -2.22. The van der Waals surface area contributed by atoms with Crippen LogP contribution in [-0.2, 0) is 4.74 Å². The van der Waals surface area contributed by atoms with Gasteiger partial charge in [-0.3, -0.25) is 10.1 Å². The van der Waals surface area contributed by atoms with Gasteiger partial charge in [0.25, 0.3) is 0 Å². The van der Waals surface area contributed by atoms with Crippen molar-refractivity contribution < 1.29 is 14.4 Å². The van der Waals surface area contributed by atoms with Crippen LogP contribution in [-0.4, -0.2) is 24.2 Å². The van der Waals surface area contributed by atoms with E-state index in [0.717, 1.165) is 25.9 Å². The van der Waals surface area contributed by atoms with E-state index < -0.39 is 4.92 Å². The van der Waals surface area contributed by atoms with Crippen LogP contribution in [0.3, 0.4) is 0 Å². The predicted molar refractivity (Wildman–Crippen MR) is 67.2 cm³/mol. The van der Waals surface area contributed by atoms with Gasteiger partial charge in [-0.15, -0.1) is 0 Å². The zero-order valence-corrected chi connectivity index (χ0v) is 10.6. The normalized spacial score (nSPS) is 19.5. The van der Waals surface area contributed by atoms with E-state index in [1.165, 1.54) is 6.07 Å². The predicted octanol–water partition coefficient (Wildman–Crippen LogP) is 3.20. The molecule has 0 saturated carbocycles. The summed E-state index contributed by atoms with van der Waals surface area (Å²) in [7, 11) is 0. The fraction of sp³-hybridized carbons (Fsp3) is 0.500. The van der Waals surface area contributed by atoms with Crippen molar-refractivity contribution >= 4 is 17.3 Å². The number of ether oxygens (including phenoxy) is 2. The fourth-order valence-electron chi connectivity index (χ4n) is 1.91. The Morgan fingerprint density at radius 2 is 2.33 bits per heavy atom. The van der Waals surface area contributed by atoms with Gasteiger partial charge in [-0.05, 0) is 31.4 Å². The molecule has 1 aromatic rings. The van der Waals surface area contributed by atoms with Crippen molar-refractivity contribution in [3.05, 3.63) is 33.3 Å². The lowest BCUT2D eigenvalue weighted by Crippen LogP contribution is -2.25. The molecule has 0 aromatic heterocycles. The second-order valence-corrected chi connectivity index (χ2v) is 4.55. The van der Waals surface area contributed by atoms with Crippen LogP contribution < -0.4 is 4.74 Å². The van der Waals surface area contributed by atoms with Gasteiger partial charge in [0.2, 0.25) is 0 Å². The highest BCUT2D eigenvalue weighted by molar-refractivity contribution is 6.32. The van der Waals surface area contributed by atoms with E-state index in [-0.39, 0.29) is 22.6 Å². The highest BCUT2D eigenvalue weighted by Crippen LogP contribution is 2.34. The molecule has 1 atom stereocenters. The Bertz CT molecular complexity index is 432.